The summed E-state index contributed by atoms with van der Waals surface area (Å²) in [6.45, 7) is 0. The molecule has 0 aliphatic carbocycles. The van der Waals surface area contributed by atoms with E-state index in [4.69, 9.17) is 23.2 Å². The number of carbonyl (C=O) groups is 1. The number of nitro groups is 1. The summed E-state index contributed by atoms with van der Waals surface area (Å²) in [5, 5.41) is 9.41. The van der Waals surface area contributed by atoms with Crippen LogP contribution in [-0.2, 0) is 4.74 Å². The van der Waals surface area contributed by atoms with Gasteiger partial charge in [-0.2, -0.15) is 0 Å². The van der Waals surface area contributed by atoms with Gasteiger partial charge in [-0.15, -0.1) is 0 Å². The fraction of sp³-hybridized carbons (Fsp3) is 0.167. The molecule has 0 N–H and O–H groups in total. The zero-order chi connectivity index (χ0) is 11.6. The highest BCUT2D eigenvalue weighted by atomic mass is 35.5. The van der Waals surface area contributed by atoms with E-state index in [9.17, 15) is 14.9 Å². The molecule has 0 radical (unpaired) electrons. The van der Waals surface area contributed by atoms with Crippen LogP contribution in [0.15, 0.2) is 0 Å². The van der Waals surface area contributed by atoms with Crippen LogP contribution in [0.5, 0.6) is 0 Å². The number of esters is 1. The summed E-state index contributed by atoms with van der Waals surface area (Å²) in [6, 6.07) is 0. The van der Waals surface area contributed by atoms with Crippen molar-refractivity contribution in [3.8, 4) is 0 Å². The molecule has 0 saturated carbocycles. The Morgan fingerprint density at radius 1 is 1.40 bits per heavy atom. The van der Waals surface area contributed by atoms with E-state index in [2.05, 4.69) is 14.7 Å². The second-order valence-corrected chi connectivity index (χ2v) is 2.94. The predicted octanol–water partition coefficient (Wildman–Crippen LogP) is 1.48. The van der Waals surface area contributed by atoms with Crippen LogP contribution in [0.3, 0.4) is 0 Å². The van der Waals surface area contributed by atoms with Crippen molar-refractivity contribution in [3.05, 3.63) is 26.2 Å². The summed E-state index contributed by atoms with van der Waals surface area (Å²) in [4.78, 5) is 27.3. The van der Waals surface area contributed by atoms with Gasteiger partial charge in [0.2, 0.25) is 16.1 Å². The first-order valence-electron chi connectivity index (χ1n) is 3.43. The smallest absolute Gasteiger partial charge is 0.376 e. The average Bonchev–Trinajstić information content (AvgIpc) is 2.14. The molecule has 0 amide bonds. The number of nitrogens with zero attached hydrogens (tertiary/aromatic N) is 3. The summed E-state index contributed by atoms with van der Waals surface area (Å²) in [7, 11) is 1.11. The molecule has 1 heterocycles. The van der Waals surface area contributed by atoms with Gasteiger partial charge < -0.3 is 4.74 Å². The van der Waals surface area contributed by atoms with Gasteiger partial charge in [0.25, 0.3) is 0 Å². The molecule has 1 aromatic rings. The normalized spacial score (nSPS) is 9.80. The summed E-state index contributed by atoms with van der Waals surface area (Å²) >= 11 is 10.9. The van der Waals surface area contributed by atoms with E-state index in [1.165, 1.54) is 0 Å². The molecule has 0 unspecified atom stereocenters. The van der Waals surface area contributed by atoms with Gasteiger partial charge in [0.05, 0.1) is 12.0 Å². The Balaban J connectivity index is 3.31. The van der Waals surface area contributed by atoms with Gasteiger partial charge in [0.1, 0.15) is 0 Å². The largest absolute Gasteiger partial charge is 0.463 e. The first-order valence-corrected chi connectivity index (χ1v) is 4.18. The van der Waals surface area contributed by atoms with E-state index in [1.807, 2.05) is 0 Å². The van der Waals surface area contributed by atoms with Crippen LogP contribution in [0.1, 0.15) is 10.6 Å². The minimum Gasteiger partial charge on any atom is -0.463 e. The molecule has 1 rings (SSSR count). The van der Waals surface area contributed by atoms with Crippen LogP contribution in [0.4, 0.5) is 5.69 Å². The van der Waals surface area contributed by atoms with Gasteiger partial charge >= 0.3 is 11.7 Å². The van der Waals surface area contributed by atoms with Crippen molar-refractivity contribution in [3.63, 3.8) is 0 Å². The van der Waals surface area contributed by atoms with Crippen molar-refractivity contribution >= 4 is 34.9 Å². The van der Waals surface area contributed by atoms with Crippen molar-refractivity contribution < 1.29 is 14.5 Å². The quantitative estimate of drug-likeness (QED) is 0.342. The fourth-order valence-corrected chi connectivity index (χ4v) is 1.26. The van der Waals surface area contributed by atoms with E-state index in [0.717, 1.165) is 7.11 Å². The molecule has 0 aromatic carbocycles. The standard InChI is InChI=1S/C6H3Cl2N3O4/c1-15-6(12)5-9-3(7)2(11(13)14)4(8)10-5/h1H3. The summed E-state index contributed by atoms with van der Waals surface area (Å²) < 4.78 is 4.30. The zero-order valence-electron chi connectivity index (χ0n) is 7.23. The minimum atomic E-state index is -0.881. The topological polar surface area (TPSA) is 95.2 Å². The molecule has 1 aromatic heterocycles. The third-order valence-corrected chi connectivity index (χ3v) is 1.88. The maximum absolute atomic E-state index is 11.0. The van der Waals surface area contributed by atoms with Gasteiger partial charge in [0.15, 0.2) is 0 Å². The van der Waals surface area contributed by atoms with Crippen LogP contribution in [0.2, 0.25) is 10.3 Å². The monoisotopic (exact) mass is 251 g/mol. The molecule has 0 aliphatic heterocycles. The average molecular weight is 252 g/mol. The highest BCUT2D eigenvalue weighted by Gasteiger charge is 2.24. The summed E-state index contributed by atoms with van der Waals surface area (Å²) in [5.41, 5.74) is -0.647. The molecule has 0 fully saturated rings. The van der Waals surface area contributed by atoms with Crippen molar-refractivity contribution in [2.45, 2.75) is 0 Å². The molecule has 0 saturated heterocycles. The number of methoxy groups -OCH3 is 1. The summed E-state index contributed by atoms with van der Waals surface area (Å²) in [6.07, 6.45) is 0. The highest BCUT2D eigenvalue weighted by Crippen LogP contribution is 2.28. The summed E-state index contributed by atoms with van der Waals surface area (Å²) in [5.74, 6) is -1.31. The third kappa shape index (κ3) is 2.31. The molecule has 7 nitrogen and oxygen atoms in total. The molecule has 80 valence electrons. The lowest BCUT2D eigenvalue weighted by Gasteiger charge is -2.00. The fourth-order valence-electron chi connectivity index (χ4n) is 0.735. The first kappa shape index (κ1) is 11.6. The number of carbonyl (C=O) groups excluding carboxylic acids is 1. The Bertz CT molecular complexity index is 413. The molecule has 0 atom stereocenters. The lowest BCUT2D eigenvalue weighted by atomic mass is 10.5. The van der Waals surface area contributed by atoms with E-state index in [0.29, 0.717) is 0 Å². The molecular weight excluding hydrogens is 249 g/mol. The molecular formula is C6H3Cl2N3O4. The van der Waals surface area contributed by atoms with Crippen LogP contribution in [-0.4, -0.2) is 28.0 Å². The lowest BCUT2D eigenvalue weighted by molar-refractivity contribution is -0.385. The van der Waals surface area contributed by atoms with Crippen molar-refractivity contribution in [2.24, 2.45) is 0 Å². The molecule has 9 heteroatoms. The second-order valence-electron chi connectivity index (χ2n) is 2.23. The molecule has 0 aliphatic rings. The maximum atomic E-state index is 11.0. The highest BCUT2D eigenvalue weighted by molar-refractivity contribution is 6.36. The number of hydrogen-bond acceptors (Lipinski definition) is 6. The van der Waals surface area contributed by atoms with Gasteiger partial charge in [-0.3, -0.25) is 10.1 Å². The van der Waals surface area contributed by atoms with Crippen molar-refractivity contribution in [2.75, 3.05) is 7.11 Å². The van der Waals surface area contributed by atoms with Crippen LogP contribution in [0.25, 0.3) is 0 Å². The van der Waals surface area contributed by atoms with E-state index >= 15 is 0 Å². The van der Waals surface area contributed by atoms with E-state index < -0.39 is 32.7 Å². The Hall–Kier alpha value is -1.47. The molecule has 15 heavy (non-hydrogen) atoms. The van der Waals surface area contributed by atoms with E-state index in [1.54, 1.807) is 0 Å². The Morgan fingerprint density at radius 3 is 2.20 bits per heavy atom. The first-order chi connectivity index (χ1) is 6.97. The van der Waals surface area contributed by atoms with Crippen molar-refractivity contribution in [1.82, 2.24) is 9.97 Å². The minimum absolute atomic E-state index is 0.432. The molecule has 0 spiro atoms. The maximum Gasteiger partial charge on any atom is 0.376 e. The number of halogens is 2. The predicted molar refractivity (Wildman–Crippen MR) is 50.0 cm³/mol. The Labute approximate surface area is 93.1 Å². The zero-order valence-corrected chi connectivity index (χ0v) is 8.74. The Morgan fingerprint density at radius 2 is 1.87 bits per heavy atom. The van der Waals surface area contributed by atoms with Gasteiger partial charge in [-0.05, 0) is 0 Å². The van der Waals surface area contributed by atoms with Gasteiger partial charge in [-0.25, -0.2) is 14.8 Å². The lowest BCUT2D eigenvalue weighted by Crippen LogP contribution is -2.09. The Kier molecular flexibility index (Phi) is 3.38. The number of ether oxygens (including phenoxy) is 1. The third-order valence-electron chi connectivity index (χ3n) is 1.35. The van der Waals surface area contributed by atoms with Crippen molar-refractivity contribution in [1.29, 1.82) is 0 Å². The van der Waals surface area contributed by atoms with Gasteiger partial charge in [-0.1, -0.05) is 23.2 Å². The van der Waals surface area contributed by atoms with Crippen LogP contribution >= 0.6 is 23.2 Å². The van der Waals surface area contributed by atoms with Crippen LogP contribution in [0, 0.1) is 10.1 Å². The van der Waals surface area contributed by atoms with E-state index in [-0.39, 0.29) is 0 Å². The number of rotatable bonds is 2. The second kappa shape index (κ2) is 4.37. The SMILES string of the molecule is COC(=O)c1nc(Cl)c([N+](=O)[O-])c(Cl)n1. The number of hydrogen-bond donors (Lipinski definition) is 0. The van der Waals surface area contributed by atoms with Gasteiger partial charge in [0, 0.05) is 0 Å². The molecule has 0 bridgehead atoms. The number of aromatic nitrogens is 2. The van der Waals surface area contributed by atoms with Crippen LogP contribution < -0.4 is 0 Å².